The molecule has 27 heavy (non-hydrogen) atoms. The third-order valence-electron chi connectivity index (χ3n) is 5.15. The van der Waals surface area contributed by atoms with Gasteiger partial charge in [0.05, 0.1) is 17.4 Å². The lowest BCUT2D eigenvalue weighted by atomic mass is 9.97. The van der Waals surface area contributed by atoms with Crippen molar-refractivity contribution in [2.45, 2.75) is 32.2 Å². The lowest BCUT2D eigenvalue weighted by molar-refractivity contribution is -0.133. The molecule has 1 aromatic carbocycles. The number of aryl methyl sites for hydroxylation is 1. The Kier molecular flexibility index (Phi) is 5.00. The van der Waals surface area contributed by atoms with E-state index in [4.69, 9.17) is 0 Å². The van der Waals surface area contributed by atoms with Gasteiger partial charge in [0.1, 0.15) is 5.69 Å². The molecule has 0 saturated carbocycles. The first-order valence-electron chi connectivity index (χ1n) is 9.40. The van der Waals surface area contributed by atoms with Crippen molar-refractivity contribution in [3.05, 3.63) is 59.0 Å². The van der Waals surface area contributed by atoms with Gasteiger partial charge in [0.25, 0.3) is 5.56 Å². The van der Waals surface area contributed by atoms with Crippen LogP contribution in [0.25, 0.3) is 11.0 Å². The number of carbonyl (C=O) groups excluding carboxylic acids is 1. The first-order chi connectivity index (χ1) is 13.2. The van der Waals surface area contributed by atoms with Crippen molar-refractivity contribution in [1.29, 1.82) is 0 Å². The van der Waals surface area contributed by atoms with E-state index < -0.39 is 0 Å². The van der Waals surface area contributed by atoms with E-state index in [1.807, 2.05) is 41.7 Å². The quantitative estimate of drug-likeness (QED) is 0.749. The third kappa shape index (κ3) is 4.07. The van der Waals surface area contributed by atoms with Gasteiger partial charge in [-0.15, -0.1) is 0 Å². The topological polar surface area (TPSA) is 83.9 Å². The molecule has 1 N–H and O–H groups in total. The number of H-pyrrole nitrogens is 1. The number of para-hydroxylation sites is 2. The Bertz CT molecular complexity index is 979. The van der Waals surface area contributed by atoms with Crippen LogP contribution in [-0.2, 0) is 17.8 Å². The standard InChI is InChI=1S/C20H23N5O2/c26-19(25-10-3-4-15(13-25)12-24-11-9-21-14-24)8-7-18-20(27)23-17-6-2-1-5-16(17)22-18/h1-2,5-6,9,11,14-15H,3-4,7-8,10,12-13H2,(H,23,27). The van der Waals surface area contributed by atoms with E-state index in [1.54, 1.807) is 6.20 Å². The number of nitrogens with zero attached hydrogens (tertiary/aromatic N) is 4. The maximum Gasteiger partial charge on any atom is 0.270 e. The minimum absolute atomic E-state index is 0.0969. The summed E-state index contributed by atoms with van der Waals surface area (Å²) in [4.78, 5) is 38.1. The number of benzene rings is 1. The predicted molar refractivity (Wildman–Crippen MR) is 102 cm³/mol. The summed E-state index contributed by atoms with van der Waals surface area (Å²) in [5.74, 6) is 0.541. The lowest BCUT2D eigenvalue weighted by Gasteiger charge is -2.33. The predicted octanol–water partition coefficient (Wildman–Crippen LogP) is 1.99. The summed E-state index contributed by atoms with van der Waals surface area (Å²) in [6.45, 7) is 2.44. The highest BCUT2D eigenvalue weighted by Crippen LogP contribution is 2.19. The third-order valence-corrected chi connectivity index (χ3v) is 5.15. The highest BCUT2D eigenvalue weighted by atomic mass is 16.2. The van der Waals surface area contributed by atoms with E-state index in [1.165, 1.54) is 0 Å². The molecular formula is C20H23N5O2. The van der Waals surface area contributed by atoms with Crippen molar-refractivity contribution < 1.29 is 4.79 Å². The molecule has 1 atom stereocenters. The zero-order valence-corrected chi connectivity index (χ0v) is 15.2. The number of likely N-dealkylation sites (tertiary alicyclic amines) is 1. The molecule has 2 aromatic heterocycles. The highest BCUT2D eigenvalue weighted by molar-refractivity contribution is 5.77. The van der Waals surface area contributed by atoms with E-state index >= 15 is 0 Å². The molecule has 140 valence electrons. The average molecular weight is 365 g/mol. The van der Waals surface area contributed by atoms with Crippen LogP contribution in [0.15, 0.2) is 47.8 Å². The molecule has 3 aromatic rings. The largest absolute Gasteiger partial charge is 0.342 e. The molecule has 7 heteroatoms. The fraction of sp³-hybridized carbons (Fsp3) is 0.400. The zero-order chi connectivity index (χ0) is 18.6. The van der Waals surface area contributed by atoms with Crippen molar-refractivity contribution in [1.82, 2.24) is 24.4 Å². The molecule has 3 heterocycles. The Morgan fingerprint density at radius 2 is 2.19 bits per heavy atom. The maximum atomic E-state index is 12.7. The maximum absolute atomic E-state index is 12.7. The van der Waals surface area contributed by atoms with Crippen LogP contribution in [0.4, 0.5) is 0 Å². The molecular weight excluding hydrogens is 342 g/mol. The number of nitrogens with one attached hydrogen (secondary N) is 1. The van der Waals surface area contributed by atoms with Gasteiger partial charge in [0, 0.05) is 44.9 Å². The number of piperidine rings is 1. The molecule has 0 spiro atoms. The number of aromatic amines is 1. The van der Waals surface area contributed by atoms with E-state index in [0.717, 1.165) is 43.5 Å². The number of imidazole rings is 1. The Labute approximate surface area is 157 Å². The monoisotopic (exact) mass is 365 g/mol. The Balaban J connectivity index is 1.37. The molecule has 0 bridgehead atoms. The van der Waals surface area contributed by atoms with E-state index in [0.29, 0.717) is 24.5 Å². The summed E-state index contributed by atoms with van der Waals surface area (Å²) >= 11 is 0. The molecule has 1 amide bonds. The van der Waals surface area contributed by atoms with E-state index in [9.17, 15) is 9.59 Å². The Hall–Kier alpha value is -2.96. The van der Waals surface area contributed by atoms with Crippen LogP contribution in [0.3, 0.4) is 0 Å². The molecule has 1 fully saturated rings. The van der Waals surface area contributed by atoms with Crippen LogP contribution in [0.1, 0.15) is 25.0 Å². The number of rotatable bonds is 5. The number of fused-ring (bicyclic) bond motifs is 1. The highest BCUT2D eigenvalue weighted by Gasteiger charge is 2.24. The summed E-state index contributed by atoms with van der Waals surface area (Å²) in [6, 6.07) is 7.44. The van der Waals surface area contributed by atoms with E-state index in [2.05, 4.69) is 19.5 Å². The summed E-state index contributed by atoms with van der Waals surface area (Å²) in [5.41, 5.74) is 1.68. The van der Waals surface area contributed by atoms with Crippen molar-refractivity contribution in [3.63, 3.8) is 0 Å². The molecule has 0 aliphatic carbocycles. The summed E-state index contributed by atoms with van der Waals surface area (Å²) in [7, 11) is 0. The smallest absolute Gasteiger partial charge is 0.270 e. The molecule has 1 unspecified atom stereocenters. The van der Waals surface area contributed by atoms with Crippen molar-refractivity contribution in [2.24, 2.45) is 5.92 Å². The van der Waals surface area contributed by atoms with Crippen molar-refractivity contribution in [3.8, 4) is 0 Å². The second kappa shape index (κ2) is 7.73. The number of hydrogen-bond acceptors (Lipinski definition) is 4. The number of carbonyl (C=O) groups is 1. The number of amides is 1. The minimum atomic E-state index is -0.210. The van der Waals surface area contributed by atoms with Gasteiger partial charge in [0.2, 0.25) is 5.91 Å². The first-order valence-corrected chi connectivity index (χ1v) is 9.40. The van der Waals surface area contributed by atoms with Crippen LogP contribution < -0.4 is 5.56 Å². The molecule has 0 radical (unpaired) electrons. The molecule has 4 rings (SSSR count). The van der Waals surface area contributed by atoms with Gasteiger partial charge in [0.15, 0.2) is 0 Å². The molecule has 7 nitrogen and oxygen atoms in total. The summed E-state index contributed by atoms with van der Waals surface area (Å²) in [6.07, 6.45) is 8.36. The van der Waals surface area contributed by atoms with Gasteiger partial charge in [-0.3, -0.25) is 9.59 Å². The van der Waals surface area contributed by atoms with E-state index in [-0.39, 0.29) is 11.5 Å². The van der Waals surface area contributed by atoms with Crippen LogP contribution in [0, 0.1) is 5.92 Å². The second-order valence-electron chi connectivity index (χ2n) is 7.14. The first kappa shape index (κ1) is 17.5. The zero-order valence-electron chi connectivity index (χ0n) is 15.2. The van der Waals surface area contributed by atoms with Crippen LogP contribution in [0.2, 0.25) is 0 Å². The van der Waals surface area contributed by atoms with Gasteiger partial charge < -0.3 is 14.5 Å². The SMILES string of the molecule is O=C(CCc1nc2ccccc2[nH]c1=O)N1CCCC(Cn2ccnc2)C1. The normalized spacial score (nSPS) is 17.3. The van der Waals surface area contributed by atoms with Gasteiger partial charge in [-0.05, 0) is 30.9 Å². The molecule has 1 aliphatic rings. The van der Waals surface area contributed by atoms with Crippen molar-refractivity contribution >= 4 is 16.9 Å². The van der Waals surface area contributed by atoms with Crippen LogP contribution in [0.5, 0.6) is 0 Å². The van der Waals surface area contributed by atoms with Gasteiger partial charge in [-0.1, -0.05) is 12.1 Å². The van der Waals surface area contributed by atoms with Gasteiger partial charge >= 0.3 is 0 Å². The number of hydrogen-bond donors (Lipinski definition) is 1. The lowest BCUT2D eigenvalue weighted by Crippen LogP contribution is -2.41. The fourth-order valence-electron chi connectivity index (χ4n) is 3.75. The second-order valence-corrected chi connectivity index (χ2v) is 7.14. The molecule has 1 saturated heterocycles. The minimum Gasteiger partial charge on any atom is -0.342 e. The molecule has 1 aliphatic heterocycles. The Morgan fingerprint density at radius 1 is 1.30 bits per heavy atom. The Morgan fingerprint density at radius 3 is 3.04 bits per heavy atom. The summed E-state index contributed by atoms with van der Waals surface area (Å²) in [5, 5.41) is 0. The van der Waals surface area contributed by atoms with Crippen LogP contribution >= 0.6 is 0 Å². The van der Waals surface area contributed by atoms with Crippen LogP contribution in [-0.4, -0.2) is 43.4 Å². The summed E-state index contributed by atoms with van der Waals surface area (Å²) < 4.78 is 2.07. The van der Waals surface area contributed by atoms with Gasteiger partial charge in [-0.25, -0.2) is 9.97 Å². The average Bonchev–Trinajstić information content (AvgIpc) is 3.19. The number of aromatic nitrogens is 4. The van der Waals surface area contributed by atoms with Crippen molar-refractivity contribution in [2.75, 3.05) is 13.1 Å². The van der Waals surface area contributed by atoms with Gasteiger partial charge in [-0.2, -0.15) is 0 Å². The fourth-order valence-corrected chi connectivity index (χ4v) is 3.75.